The fourth-order valence-electron chi connectivity index (χ4n) is 4.82. The Hall–Kier alpha value is -2.72. The SMILES string of the molecule is N#Cc1cc2c(nc1NC1CCC(n3nc4c(cc3=O)COCC4)CC1)CCC2. The Labute approximate surface area is 169 Å². The maximum absolute atomic E-state index is 12.5. The van der Waals surface area contributed by atoms with E-state index in [1.54, 1.807) is 10.7 Å². The maximum atomic E-state index is 12.5. The van der Waals surface area contributed by atoms with Gasteiger partial charge in [0.05, 0.1) is 30.5 Å². The summed E-state index contributed by atoms with van der Waals surface area (Å²) in [7, 11) is 0. The Kier molecular flexibility index (Phi) is 4.80. The summed E-state index contributed by atoms with van der Waals surface area (Å²) in [5.41, 5.74) is 4.89. The first-order valence-corrected chi connectivity index (χ1v) is 10.6. The Bertz CT molecular complexity index is 1030. The van der Waals surface area contributed by atoms with Crippen LogP contribution in [-0.4, -0.2) is 27.4 Å². The summed E-state index contributed by atoms with van der Waals surface area (Å²) in [5, 5.41) is 17.7. The van der Waals surface area contributed by atoms with Gasteiger partial charge in [-0.2, -0.15) is 10.4 Å². The van der Waals surface area contributed by atoms with E-state index >= 15 is 0 Å². The molecule has 0 bridgehead atoms. The lowest BCUT2D eigenvalue weighted by molar-refractivity contribution is 0.107. The molecule has 0 saturated heterocycles. The van der Waals surface area contributed by atoms with Gasteiger partial charge in [0, 0.05) is 29.8 Å². The number of nitrogens with one attached hydrogen (secondary N) is 1. The highest BCUT2D eigenvalue weighted by atomic mass is 16.5. The predicted molar refractivity (Wildman–Crippen MR) is 108 cm³/mol. The topological polar surface area (TPSA) is 92.8 Å². The van der Waals surface area contributed by atoms with Crippen molar-refractivity contribution in [2.24, 2.45) is 0 Å². The van der Waals surface area contributed by atoms with Crippen LogP contribution in [0.3, 0.4) is 0 Å². The molecule has 0 atom stereocenters. The first-order valence-electron chi connectivity index (χ1n) is 10.6. The average molecular weight is 391 g/mol. The van der Waals surface area contributed by atoms with Gasteiger partial charge in [0.25, 0.3) is 5.56 Å². The second-order valence-corrected chi connectivity index (χ2v) is 8.31. The number of hydrogen-bond acceptors (Lipinski definition) is 6. The van der Waals surface area contributed by atoms with E-state index in [1.165, 1.54) is 5.56 Å². The van der Waals surface area contributed by atoms with E-state index in [2.05, 4.69) is 16.5 Å². The molecule has 1 fully saturated rings. The molecule has 0 spiro atoms. The van der Waals surface area contributed by atoms with Gasteiger partial charge in [-0.05, 0) is 56.6 Å². The molecule has 0 aromatic carbocycles. The van der Waals surface area contributed by atoms with Crippen molar-refractivity contribution in [1.82, 2.24) is 14.8 Å². The number of nitriles is 1. The zero-order chi connectivity index (χ0) is 19.8. The molecule has 2 aromatic heterocycles. The number of ether oxygens (including phenoxy) is 1. The van der Waals surface area contributed by atoms with Crippen LogP contribution in [0.1, 0.15) is 66.2 Å². The molecule has 150 valence electrons. The number of pyridine rings is 1. The van der Waals surface area contributed by atoms with Crippen molar-refractivity contribution in [3.05, 3.63) is 50.6 Å². The van der Waals surface area contributed by atoms with E-state index in [4.69, 9.17) is 9.72 Å². The molecule has 1 aliphatic heterocycles. The first kappa shape index (κ1) is 18.3. The normalized spacial score (nSPS) is 23.1. The summed E-state index contributed by atoms with van der Waals surface area (Å²) >= 11 is 0. The van der Waals surface area contributed by atoms with Gasteiger partial charge in [0.15, 0.2) is 0 Å². The maximum Gasteiger partial charge on any atom is 0.267 e. The van der Waals surface area contributed by atoms with Crippen LogP contribution >= 0.6 is 0 Å². The quantitative estimate of drug-likeness (QED) is 0.865. The molecule has 3 aliphatic rings. The molecule has 7 nitrogen and oxygen atoms in total. The predicted octanol–water partition coefficient (Wildman–Crippen LogP) is 2.67. The fourth-order valence-corrected chi connectivity index (χ4v) is 4.82. The lowest BCUT2D eigenvalue weighted by Crippen LogP contribution is -2.35. The van der Waals surface area contributed by atoms with Gasteiger partial charge >= 0.3 is 0 Å². The average Bonchev–Trinajstić information content (AvgIpc) is 3.20. The van der Waals surface area contributed by atoms with Crippen molar-refractivity contribution in [3.63, 3.8) is 0 Å². The zero-order valence-corrected chi connectivity index (χ0v) is 16.5. The van der Waals surface area contributed by atoms with Gasteiger partial charge < -0.3 is 10.1 Å². The molecule has 0 unspecified atom stereocenters. The number of anilines is 1. The summed E-state index contributed by atoms with van der Waals surface area (Å²) in [4.78, 5) is 17.3. The molecule has 29 heavy (non-hydrogen) atoms. The molecular weight excluding hydrogens is 366 g/mol. The molecule has 7 heteroatoms. The van der Waals surface area contributed by atoms with Gasteiger partial charge in [0.1, 0.15) is 11.9 Å². The van der Waals surface area contributed by atoms with Crippen LogP contribution in [0.4, 0.5) is 5.82 Å². The molecule has 5 rings (SSSR count). The molecule has 3 heterocycles. The highest BCUT2D eigenvalue weighted by Crippen LogP contribution is 2.31. The molecule has 2 aliphatic carbocycles. The molecule has 0 amide bonds. The minimum absolute atomic E-state index is 0.0299. The fraction of sp³-hybridized carbons (Fsp3) is 0.545. The van der Waals surface area contributed by atoms with Gasteiger partial charge in [-0.15, -0.1) is 0 Å². The highest BCUT2D eigenvalue weighted by Gasteiger charge is 2.26. The van der Waals surface area contributed by atoms with Crippen molar-refractivity contribution < 1.29 is 4.74 Å². The van der Waals surface area contributed by atoms with Crippen molar-refractivity contribution >= 4 is 5.82 Å². The molecule has 1 saturated carbocycles. The van der Waals surface area contributed by atoms with Crippen molar-refractivity contribution in [1.29, 1.82) is 5.26 Å². The van der Waals surface area contributed by atoms with Gasteiger partial charge in [-0.25, -0.2) is 9.67 Å². The van der Waals surface area contributed by atoms with Crippen LogP contribution in [0, 0.1) is 11.3 Å². The number of aryl methyl sites for hydroxylation is 2. The van der Waals surface area contributed by atoms with E-state index in [-0.39, 0.29) is 17.6 Å². The highest BCUT2D eigenvalue weighted by molar-refractivity contribution is 5.55. The molecular formula is C22H25N5O2. The Balaban J connectivity index is 1.28. The summed E-state index contributed by atoms with van der Waals surface area (Å²) < 4.78 is 7.12. The Morgan fingerprint density at radius 2 is 1.97 bits per heavy atom. The second kappa shape index (κ2) is 7.60. The number of nitrogens with zero attached hydrogens (tertiary/aromatic N) is 4. The van der Waals surface area contributed by atoms with Crippen LogP contribution < -0.4 is 10.9 Å². The summed E-state index contributed by atoms with van der Waals surface area (Å²) in [6.45, 7) is 1.16. The van der Waals surface area contributed by atoms with Crippen LogP contribution in [0.25, 0.3) is 0 Å². The molecule has 1 N–H and O–H groups in total. The van der Waals surface area contributed by atoms with Crippen LogP contribution in [0.15, 0.2) is 16.9 Å². The summed E-state index contributed by atoms with van der Waals surface area (Å²) in [5.74, 6) is 0.723. The smallest absolute Gasteiger partial charge is 0.267 e. The van der Waals surface area contributed by atoms with Crippen LogP contribution in [0.5, 0.6) is 0 Å². The van der Waals surface area contributed by atoms with Crippen LogP contribution in [-0.2, 0) is 30.6 Å². The van der Waals surface area contributed by atoms with E-state index in [0.717, 1.165) is 74.1 Å². The van der Waals surface area contributed by atoms with Crippen molar-refractivity contribution in [2.75, 3.05) is 11.9 Å². The van der Waals surface area contributed by atoms with Gasteiger partial charge in [0.2, 0.25) is 0 Å². The van der Waals surface area contributed by atoms with E-state index in [9.17, 15) is 10.1 Å². The number of hydrogen-bond donors (Lipinski definition) is 1. The lowest BCUT2D eigenvalue weighted by atomic mass is 9.91. The minimum Gasteiger partial charge on any atom is -0.376 e. The van der Waals surface area contributed by atoms with Crippen molar-refractivity contribution in [2.45, 2.75) is 70.1 Å². The molecule has 2 aromatic rings. The Morgan fingerprint density at radius 1 is 1.10 bits per heavy atom. The minimum atomic E-state index is -0.0299. The monoisotopic (exact) mass is 391 g/mol. The van der Waals surface area contributed by atoms with E-state index < -0.39 is 0 Å². The number of fused-ring (bicyclic) bond motifs is 2. The zero-order valence-electron chi connectivity index (χ0n) is 16.5. The van der Waals surface area contributed by atoms with Gasteiger partial charge in [-0.3, -0.25) is 4.79 Å². The number of aromatic nitrogens is 3. The van der Waals surface area contributed by atoms with Gasteiger partial charge in [-0.1, -0.05) is 0 Å². The van der Waals surface area contributed by atoms with Crippen LogP contribution in [0.2, 0.25) is 0 Å². The lowest BCUT2D eigenvalue weighted by Gasteiger charge is -2.30. The summed E-state index contributed by atoms with van der Waals surface area (Å²) in [6, 6.07) is 6.40. The second-order valence-electron chi connectivity index (χ2n) is 8.31. The third kappa shape index (κ3) is 3.53. The third-order valence-corrected chi connectivity index (χ3v) is 6.42. The standard InChI is InChI=1S/C22H25N5O2/c23-12-15-10-14-2-1-3-19(14)25-22(15)24-17-4-6-18(7-5-17)27-21(28)11-16-13-29-9-8-20(16)26-27/h10-11,17-18H,1-9,13H2,(H,24,25). The largest absolute Gasteiger partial charge is 0.376 e. The Morgan fingerprint density at radius 3 is 2.79 bits per heavy atom. The first-order chi connectivity index (χ1) is 14.2. The third-order valence-electron chi connectivity index (χ3n) is 6.42. The number of rotatable bonds is 3. The molecule has 0 radical (unpaired) electrons. The van der Waals surface area contributed by atoms with E-state index in [1.807, 2.05) is 6.07 Å². The van der Waals surface area contributed by atoms with Crippen molar-refractivity contribution in [3.8, 4) is 6.07 Å². The van der Waals surface area contributed by atoms with E-state index in [0.29, 0.717) is 18.8 Å². The summed E-state index contributed by atoms with van der Waals surface area (Å²) in [6.07, 6.45) is 7.58.